The van der Waals surface area contributed by atoms with Crippen LogP contribution in [0.25, 0.3) is 0 Å². The molecule has 1 aliphatic heterocycles. The summed E-state index contributed by atoms with van der Waals surface area (Å²) < 4.78 is 6.81. The minimum Gasteiger partial charge on any atom is -0.366 e. The molecule has 1 N–H and O–H groups in total. The molecule has 104 valence electrons. The van der Waals surface area contributed by atoms with Crippen LogP contribution in [-0.4, -0.2) is 24.3 Å². The van der Waals surface area contributed by atoms with Gasteiger partial charge in [-0.15, -0.1) is 0 Å². The molecule has 18 heavy (non-hydrogen) atoms. The quantitative estimate of drug-likeness (QED) is 0.711. The molecule has 0 aromatic heterocycles. The molecule has 2 saturated carbocycles. The number of morpholine rings is 1. The van der Waals surface area contributed by atoms with E-state index < -0.39 is 0 Å². The highest BCUT2D eigenvalue weighted by atomic mass is 16.5. The Kier molecular flexibility index (Phi) is 3.02. The predicted octanol–water partition coefficient (Wildman–Crippen LogP) is 3.50. The molecule has 0 bridgehead atoms. The summed E-state index contributed by atoms with van der Waals surface area (Å²) in [7, 11) is 0. The van der Waals surface area contributed by atoms with Gasteiger partial charge in [-0.3, -0.25) is 0 Å². The SMILES string of the molecule is CC1CC(C)(C)CCC12CNCC1(CCCC1)O2. The third kappa shape index (κ3) is 2.12. The Morgan fingerprint density at radius 2 is 1.72 bits per heavy atom. The fraction of sp³-hybridized carbons (Fsp3) is 1.00. The van der Waals surface area contributed by atoms with E-state index in [9.17, 15) is 0 Å². The Morgan fingerprint density at radius 1 is 1.00 bits per heavy atom. The van der Waals surface area contributed by atoms with E-state index in [1.54, 1.807) is 0 Å². The van der Waals surface area contributed by atoms with Crippen molar-refractivity contribution in [1.29, 1.82) is 0 Å². The summed E-state index contributed by atoms with van der Waals surface area (Å²) in [6.07, 6.45) is 9.14. The molecule has 2 unspecified atom stereocenters. The van der Waals surface area contributed by atoms with Crippen LogP contribution in [0.5, 0.6) is 0 Å². The first-order valence-corrected chi connectivity index (χ1v) is 7.86. The van der Waals surface area contributed by atoms with E-state index in [0.29, 0.717) is 11.3 Å². The smallest absolute Gasteiger partial charge is 0.0840 e. The van der Waals surface area contributed by atoms with Crippen LogP contribution < -0.4 is 5.32 Å². The van der Waals surface area contributed by atoms with Crippen molar-refractivity contribution >= 4 is 0 Å². The van der Waals surface area contributed by atoms with Gasteiger partial charge in [-0.05, 0) is 43.4 Å². The van der Waals surface area contributed by atoms with E-state index in [4.69, 9.17) is 4.74 Å². The minimum atomic E-state index is 0.137. The van der Waals surface area contributed by atoms with E-state index in [0.717, 1.165) is 13.1 Å². The Labute approximate surface area is 112 Å². The molecule has 1 heterocycles. The highest BCUT2D eigenvalue weighted by Gasteiger charge is 2.52. The minimum absolute atomic E-state index is 0.137. The van der Waals surface area contributed by atoms with Crippen molar-refractivity contribution in [3.05, 3.63) is 0 Å². The van der Waals surface area contributed by atoms with E-state index in [1.165, 1.54) is 44.9 Å². The maximum atomic E-state index is 6.81. The first kappa shape index (κ1) is 12.9. The van der Waals surface area contributed by atoms with Crippen LogP contribution in [-0.2, 0) is 4.74 Å². The van der Waals surface area contributed by atoms with Crippen molar-refractivity contribution in [2.45, 2.75) is 76.9 Å². The lowest BCUT2D eigenvalue weighted by Gasteiger charge is -2.55. The molecular formula is C16H29NO. The Hall–Kier alpha value is -0.0800. The van der Waals surface area contributed by atoms with Gasteiger partial charge >= 0.3 is 0 Å². The van der Waals surface area contributed by atoms with Crippen molar-refractivity contribution in [2.24, 2.45) is 11.3 Å². The summed E-state index contributed by atoms with van der Waals surface area (Å²) >= 11 is 0. The fourth-order valence-electron chi connectivity index (χ4n) is 4.63. The van der Waals surface area contributed by atoms with E-state index >= 15 is 0 Å². The standard InChI is InChI=1S/C16H29NO/c1-13-10-14(2,3)8-9-16(13)12-17-11-15(18-16)6-4-5-7-15/h13,17H,4-12H2,1-3H3. The third-order valence-corrected chi connectivity index (χ3v) is 5.79. The van der Waals surface area contributed by atoms with Crippen molar-refractivity contribution in [3.8, 4) is 0 Å². The average molecular weight is 251 g/mol. The highest BCUT2D eigenvalue weighted by molar-refractivity contribution is 5.04. The van der Waals surface area contributed by atoms with Crippen LogP contribution >= 0.6 is 0 Å². The Balaban J connectivity index is 1.78. The number of hydrogen-bond acceptors (Lipinski definition) is 2. The van der Waals surface area contributed by atoms with Gasteiger partial charge in [-0.1, -0.05) is 33.6 Å². The van der Waals surface area contributed by atoms with Gasteiger partial charge in [0.15, 0.2) is 0 Å². The molecule has 3 fully saturated rings. The van der Waals surface area contributed by atoms with Gasteiger partial charge in [-0.2, -0.15) is 0 Å². The lowest BCUT2D eigenvalue weighted by atomic mass is 9.64. The Morgan fingerprint density at radius 3 is 2.39 bits per heavy atom. The lowest BCUT2D eigenvalue weighted by Crippen LogP contribution is -2.63. The zero-order chi connectivity index (χ0) is 12.9. The number of rotatable bonds is 0. The van der Waals surface area contributed by atoms with Crippen LogP contribution in [0.1, 0.15) is 65.7 Å². The Bertz CT molecular complexity index is 319. The molecule has 2 aliphatic carbocycles. The lowest BCUT2D eigenvalue weighted by molar-refractivity contribution is -0.217. The van der Waals surface area contributed by atoms with Crippen LogP contribution in [0.3, 0.4) is 0 Å². The number of ether oxygens (including phenoxy) is 1. The monoisotopic (exact) mass is 251 g/mol. The molecule has 3 aliphatic rings. The van der Waals surface area contributed by atoms with Crippen LogP contribution in [0.15, 0.2) is 0 Å². The molecular weight excluding hydrogens is 222 g/mol. The van der Waals surface area contributed by atoms with Gasteiger partial charge in [0.1, 0.15) is 0 Å². The summed E-state index contributed by atoms with van der Waals surface area (Å²) in [5, 5.41) is 3.71. The molecule has 2 nitrogen and oxygen atoms in total. The summed E-state index contributed by atoms with van der Waals surface area (Å²) in [5.41, 5.74) is 0.834. The second-order valence-electron chi connectivity index (χ2n) is 7.93. The first-order chi connectivity index (χ1) is 8.46. The van der Waals surface area contributed by atoms with Crippen LogP contribution in [0, 0.1) is 11.3 Å². The molecule has 0 radical (unpaired) electrons. The van der Waals surface area contributed by atoms with Gasteiger partial charge in [-0.25, -0.2) is 0 Å². The molecule has 2 heteroatoms. The zero-order valence-electron chi connectivity index (χ0n) is 12.3. The third-order valence-electron chi connectivity index (χ3n) is 5.79. The summed E-state index contributed by atoms with van der Waals surface area (Å²) in [5.74, 6) is 0.687. The zero-order valence-corrected chi connectivity index (χ0v) is 12.3. The van der Waals surface area contributed by atoms with Gasteiger partial charge < -0.3 is 10.1 Å². The van der Waals surface area contributed by atoms with E-state index in [-0.39, 0.29) is 11.2 Å². The molecule has 0 amide bonds. The van der Waals surface area contributed by atoms with Crippen molar-refractivity contribution in [1.82, 2.24) is 5.32 Å². The van der Waals surface area contributed by atoms with E-state index in [2.05, 4.69) is 26.1 Å². The summed E-state index contributed by atoms with van der Waals surface area (Å²) in [4.78, 5) is 0. The number of hydrogen-bond donors (Lipinski definition) is 1. The van der Waals surface area contributed by atoms with Crippen molar-refractivity contribution in [3.63, 3.8) is 0 Å². The van der Waals surface area contributed by atoms with Crippen LogP contribution in [0.2, 0.25) is 0 Å². The topological polar surface area (TPSA) is 21.3 Å². The predicted molar refractivity (Wildman–Crippen MR) is 74.7 cm³/mol. The van der Waals surface area contributed by atoms with Gasteiger partial charge in [0.2, 0.25) is 0 Å². The molecule has 2 spiro atoms. The second kappa shape index (κ2) is 4.21. The van der Waals surface area contributed by atoms with Crippen molar-refractivity contribution in [2.75, 3.05) is 13.1 Å². The summed E-state index contributed by atoms with van der Waals surface area (Å²) in [6, 6.07) is 0. The summed E-state index contributed by atoms with van der Waals surface area (Å²) in [6.45, 7) is 9.41. The highest BCUT2D eigenvalue weighted by Crippen LogP contribution is 2.50. The maximum Gasteiger partial charge on any atom is 0.0840 e. The fourth-order valence-corrected chi connectivity index (χ4v) is 4.63. The molecule has 3 rings (SSSR count). The van der Waals surface area contributed by atoms with Crippen molar-refractivity contribution < 1.29 is 4.74 Å². The molecule has 1 saturated heterocycles. The van der Waals surface area contributed by atoms with Gasteiger partial charge in [0.25, 0.3) is 0 Å². The van der Waals surface area contributed by atoms with Gasteiger partial charge in [0, 0.05) is 13.1 Å². The normalized spacial score (nSPS) is 42.5. The van der Waals surface area contributed by atoms with E-state index in [1.807, 2.05) is 0 Å². The van der Waals surface area contributed by atoms with Gasteiger partial charge in [0.05, 0.1) is 11.2 Å². The number of nitrogens with one attached hydrogen (secondary N) is 1. The first-order valence-electron chi connectivity index (χ1n) is 7.86. The largest absolute Gasteiger partial charge is 0.366 e. The van der Waals surface area contributed by atoms with Crippen LogP contribution in [0.4, 0.5) is 0 Å². The second-order valence-corrected chi connectivity index (χ2v) is 7.93. The molecule has 2 atom stereocenters. The molecule has 0 aromatic rings. The maximum absolute atomic E-state index is 6.81. The average Bonchev–Trinajstić information content (AvgIpc) is 2.73. The molecule has 0 aromatic carbocycles.